The van der Waals surface area contributed by atoms with E-state index in [0.29, 0.717) is 37.9 Å². The number of phenols is 1. The molecule has 4 aromatic carbocycles. The smallest absolute Gasteiger partial charge is 0.123 e. The lowest BCUT2D eigenvalue weighted by atomic mass is 9.91. The van der Waals surface area contributed by atoms with Crippen LogP contribution in [0.1, 0.15) is 60.6 Å². The predicted molar refractivity (Wildman–Crippen MR) is 168 cm³/mol. The number of nitrogens with one attached hydrogen (secondary N) is 1. The summed E-state index contributed by atoms with van der Waals surface area (Å²) in [5.74, 6) is -0.143. The zero-order valence-corrected chi connectivity index (χ0v) is 24.5. The fourth-order valence-electron chi connectivity index (χ4n) is 6.53. The van der Waals surface area contributed by atoms with Gasteiger partial charge in [0, 0.05) is 30.1 Å². The first-order valence-electron chi connectivity index (χ1n) is 15.3. The van der Waals surface area contributed by atoms with E-state index in [-0.39, 0.29) is 42.5 Å². The van der Waals surface area contributed by atoms with E-state index in [2.05, 4.69) is 22.3 Å². The molecule has 44 heavy (non-hydrogen) atoms. The molecule has 8 heteroatoms. The summed E-state index contributed by atoms with van der Waals surface area (Å²) in [6.07, 6.45) is 0.163. The third-order valence-electron chi connectivity index (χ3n) is 8.88. The highest BCUT2D eigenvalue weighted by atomic mass is 19.1. The van der Waals surface area contributed by atoms with Crippen molar-refractivity contribution in [1.82, 2.24) is 5.32 Å². The number of aliphatic hydroxyl groups excluding tert-OH is 3. The van der Waals surface area contributed by atoms with Crippen molar-refractivity contribution in [2.24, 2.45) is 0 Å². The minimum atomic E-state index is -0.723. The van der Waals surface area contributed by atoms with Gasteiger partial charge in [0.15, 0.2) is 0 Å². The van der Waals surface area contributed by atoms with Gasteiger partial charge in [0.1, 0.15) is 11.6 Å². The molecule has 0 spiro atoms. The second-order valence-electron chi connectivity index (χ2n) is 11.8. The molecule has 6 atom stereocenters. The quantitative estimate of drug-likeness (QED) is 0.167. The third kappa shape index (κ3) is 6.65. The molecule has 5 N–H and O–H groups in total. The van der Waals surface area contributed by atoms with Crippen LogP contribution in [0.25, 0.3) is 11.1 Å². The Morgan fingerprint density at radius 3 is 2.34 bits per heavy atom. The molecule has 7 nitrogen and oxygen atoms in total. The number of aromatic hydroxyl groups is 1. The minimum Gasteiger partial charge on any atom is -0.508 e. The Morgan fingerprint density at radius 2 is 1.64 bits per heavy atom. The van der Waals surface area contributed by atoms with E-state index in [9.17, 15) is 24.8 Å². The maximum Gasteiger partial charge on any atom is 0.123 e. The van der Waals surface area contributed by atoms with Crippen LogP contribution in [0.3, 0.4) is 0 Å². The van der Waals surface area contributed by atoms with Crippen LogP contribution in [0, 0.1) is 5.82 Å². The summed E-state index contributed by atoms with van der Waals surface area (Å²) in [4.78, 5) is 2.23. The highest BCUT2D eigenvalue weighted by molar-refractivity contribution is 5.67. The first-order chi connectivity index (χ1) is 21.4. The number of halogens is 1. The van der Waals surface area contributed by atoms with Gasteiger partial charge in [-0.2, -0.15) is 0 Å². The summed E-state index contributed by atoms with van der Waals surface area (Å²) in [5, 5.41) is 45.5. The number of benzene rings is 4. The topological polar surface area (TPSA) is 105 Å². The highest BCUT2D eigenvalue weighted by Crippen LogP contribution is 2.41. The first kappa shape index (κ1) is 30.2. The molecule has 2 saturated heterocycles. The summed E-state index contributed by atoms with van der Waals surface area (Å²) in [6, 6.07) is 29.5. The van der Waals surface area contributed by atoms with Crippen molar-refractivity contribution in [3.05, 3.63) is 120 Å². The van der Waals surface area contributed by atoms with Crippen molar-refractivity contribution in [2.75, 3.05) is 18.2 Å². The fourth-order valence-corrected chi connectivity index (χ4v) is 6.53. The van der Waals surface area contributed by atoms with Crippen LogP contribution in [-0.2, 0) is 4.74 Å². The van der Waals surface area contributed by atoms with E-state index in [1.165, 1.54) is 12.1 Å². The zero-order chi connectivity index (χ0) is 30.6. The maximum atomic E-state index is 13.4. The molecular formula is C36H39FN2O5. The van der Waals surface area contributed by atoms with Gasteiger partial charge in [-0.1, -0.05) is 66.7 Å². The minimum absolute atomic E-state index is 0.0464. The molecule has 0 aliphatic carbocycles. The van der Waals surface area contributed by atoms with Gasteiger partial charge in [0.05, 0.1) is 43.7 Å². The monoisotopic (exact) mass is 598 g/mol. The SMILES string of the molecule is OCC1CC(O)CC(c2ccc(-c3ccc(C4C(CCC(O)c5ccc(F)cc5)NCN4c4ccccc4)c(O)c3)cc2)O1. The van der Waals surface area contributed by atoms with Gasteiger partial charge in [-0.3, -0.25) is 5.32 Å². The Balaban J connectivity index is 1.22. The van der Waals surface area contributed by atoms with Crippen LogP contribution in [-0.4, -0.2) is 52.0 Å². The second-order valence-corrected chi connectivity index (χ2v) is 11.8. The number of aliphatic hydroxyl groups is 3. The maximum absolute atomic E-state index is 13.4. The van der Waals surface area contributed by atoms with Crippen LogP contribution in [0.4, 0.5) is 10.1 Å². The summed E-state index contributed by atoms with van der Waals surface area (Å²) in [7, 11) is 0. The Bertz CT molecular complexity index is 1520. The largest absolute Gasteiger partial charge is 0.508 e. The molecule has 0 saturated carbocycles. The molecule has 2 fully saturated rings. The number of anilines is 1. The Hall–Kier alpha value is -3.79. The van der Waals surface area contributed by atoms with Gasteiger partial charge in [0.2, 0.25) is 0 Å². The van der Waals surface area contributed by atoms with Crippen molar-refractivity contribution >= 4 is 5.69 Å². The van der Waals surface area contributed by atoms with Crippen LogP contribution in [0.5, 0.6) is 5.75 Å². The number of hydrogen-bond acceptors (Lipinski definition) is 7. The molecule has 230 valence electrons. The third-order valence-corrected chi connectivity index (χ3v) is 8.88. The Morgan fingerprint density at radius 1 is 0.909 bits per heavy atom. The number of nitrogens with zero attached hydrogens (tertiary/aromatic N) is 1. The molecule has 2 heterocycles. The van der Waals surface area contributed by atoms with Gasteiger partial charge in [-0.25, -0.2) is 4.39 Å². The van der Waals surface area contributed by atoms with E-state index < -0.39 is 12.2 Å². The van der Waals surface area contributed by atoms with Crippen LogP contribution in [0.15, 0.2) is 97.1 Å². The summed E-state index contributed by atoms with van der Waals surface area (Å²) >= 11 is 0. The molecule has 2 aliphatic rings. The molecule has 6 rings (SSSR count). The van der Waals surface area contributed by atoms with Gasteiger partial charge in [-0.15, -0.1) is 0 Å². The lowest BCUT2D eigenvalue weighted by molar-refractivity contribution is -0.113. The normalized spacial score (nSPS) is 24.4. The number of ether oxygens (including phenoxy) is 1. The molecular weight excluding hydrogens is 559 g/mol. The number of para-hydroxylation sites is 1. The molecule has 0 radical (unpaired) electrons. The summed E-state index contributed by atoms with van der Waals surface area (Å²) in [6.45, 7) is 0.467. The van der Waals surface area contributed by atoms with Crippen LogP contribution in [0.2, 0.25) is 0 Å². The molecule has 2 aliphatic heterocycles. The van der Waals surface area contributed by atoms with E-state index in [4.69, 9.17) is 4.74 Å². The summed E-state index contributed by atoms with van der Waals surface area (Å²) < 4.78 is 19.3. The van der Waals surface area contributed by atoms with Crippen molar-refractivity contribution in [2.45, 2.75) is 62.2 Å². The van der Waals surface area contributed by atoms with Gasteiger partial charge in [0.25, 0.3) is 0 Å². The van der Waals surface area contributed by atoms with Crippen molar-refractivity contribution in [1.29, 1.82) is 0 Å². The highest BCUT2D eigenvalue weighted by Gasteiger charge is 2.37. The molecule has 6 unspecified atom stereocenters. The first-order valence-corrected chi connectivity index (χ1v) is 15.3. The Kier molecular flexibility index (Phi) is 9.25. The molecule has 0 bridgehead atoms. The van der Waals surface area contributed by atoms with E-state index in [1.54, 1.807) is 18.2 Å². The lowest BCUT2D eigenvalue weighted by Crippen LogP contribution is -2.33. The van der Waals surface area contributed by atoms with E-state index in [0.717, 1.165) is 27.9 Å². The van der Waals surface area contributed by atoms with Crippen LogP contribution >= 0.6 is 0 Å². The van der Waals surface area contributed by atoms with Gasteiger partial charge >= 0.3 is 0 Å². The van der Waals surface area contributed by atoms with Gasteiger partial charge in [-0.05, 0) is 65.4 Å². The van der Waals surface area contributed by atoms with Crippen LogP contribution < -0.4 is 10.2 Å². The molecule has 0 aromatic heterocycles. The van der Waals surface area contributed by atoms with Crippen molar-refractivity contribution in [3.8, 4) is 16.9 Å². The van der Waals surface area contributed by atoms with Crippen molar-refractivity contribution in [3.63, 3.8) is 0 Å². The average Bonchev–Trinajstić information content (AvgIpc) is 3.47. The number of phenolic OH excluding ortho intramolecular Hbond substituents is 1. The zero-order valence-electron chi connectivity index (χ0n) is 24.5. The number of hydrogen-bond donors (Lipinski definition) is 5. The molecule has 0 amide bonds. The van der Waals surface area contributed by atoms with E-state index >= 15 is 0 Å². The van der Waals surface area contributed by atoms with Crippen molar-refractivity contribution < 1.29 is 29.6 Å². The fraction of sp³-hybridized carbons (Fsp3) is 0.333. The standard InChI is InChI=1S/C36H39FN2O5/c37-27-13-10-24(11-14-27)33(42)17-16-32-36(39(22-38-32)28-4-2-1-3-5-28)31-15-12-26(18-34(31)43)23-6-8-25(9-7-23)35-20-29(41)19-30(21-40)44-35/h1-15,18,29-30,32-33,35-36,38,40-43H,16-17,19-22H2. The lowest BCUT2D eigenvalue weighted by Gasteiger charge is -2.32. The van der Waals surface area contributed by atoms with Gasteiger partial charge < -0.3 is 30.1 Å². The predicted octanol–water partition coefficient (Wildman–Crippen LogP) is 5.76. The molecule has 4 aromatic rings. The Labute approximate surface area is 257 Å². The summed E-state index contributed by atoms with van der Waals surface area (Å²) in [5.41, 5.74) is 5.25. The number of rotatable bonds is 9. The van der Waals surface area contributed by atoms with E-state index in [1.807, 2.05) is 54.6 Å². The average molecular weight is 599 g/mol. The second kappa shape index (κ2) is 13.5.